The van der Waals surface area contributed by atoms with Gasteiger partial charge in [-0.25, -0.2) is 0 Å². The van der Waals surface area contributed by atoms with Crippen LogP contribution in [0.25, 0.3) is 6.08 Å². The minimum Gasteiger partial charge on any atom is -0.136 e. The van der Waals surface area contributed by atoms with Gasteiger partial charge < -0.3 is 0 Å². The Balaban J connectivity index is 2.16. The molecule has 0 aromatic carbocycles. The normalized spacial score (nSPS) is 16.1. The zero-order valence-electron chi connectivity index (χ0n) is 7.94. The lowest BCUT2D eigenvalue weighted by Gasteiger charge is -2.02. The third kappa shape index (κ3) is 2.97. The van der Waals surface area contributed by atoms with Gasteiger partial charge in [0.05, 0.1) is 3.79 Å². The van der Waals surface area contributed by atoms with Crippen LogP contribution in [0.2, 0.25) is 0 Å². The maximum atomic E-state index is 5.15. The van der Waals surface area contributed by atoms with Gasteiger partial charge in [-0.2, -0.15) is 0 Å². The molecule has 0 fully saturated rings. The molecule has 0 spiro atoms. The van der Waals surface area contributed by atoms with E-state index < -0.39 is 0 Å². The Bertz CT molecular complexity index is 464. The topological polar surface area (TPSA) is 0 Å². The monoisotopic (exact) mass is 296 g/mol. The van der Waals surface area contributed by atoms with E-state index in [0.717, 1.165) is 11.3 Å². The lowest BCUT2D eigenvalue weighted by atomic mass is 10.1. The zero-order chi connectivity index (χ0) is 10.7. The van der Waals surface area contributed by atoms with Gasteiger partial charge in [0, 0.05) is 11.3 Å². The molecule has 0 radical (unpaired) electrons. The highest BCUT2D eigenvalue weighted by Gasteiger charge is 1.99. The Morgan fingerprint density at radius 3 is 2.93 bits per heavy atom. The molecular weight excluding hydrogens is 288 g/mol. The summed E-state index contributed by atoms with van der Waals surface area (Å²) in [4.78, 5) is 1.00. The Morgan fingerprint density at radius 2 is 2.27 bits per heavy atom. The zero-order valence-corrected chi connectivity index (χ0v) is 11.2. The number of allylic oxidation sites excluding steroid dienone is 5. The first-order valence-electron chi connectivity index (χ1n) is 4.58. The second-order valence-corrected chi connectivity index (χ2v) is 5.96. The standard InChI is InChI=1S/C12H9BrS2/c13-12-10(6-7-15-12)5-4-9-2-1-3-11(14)8-9/h1-2,4-8H,3H2. The largest absolute Gasteiger partial charge is 0.136 e. The number of hydrogen-bond acceptors (Lipinski definition) is 2. The number of thiocarbonyl (C=S) groups is 1. The Kier molecular flexibility index (Phi) is 3.67. The highest BCUT2D eigenvalue weighted by molar-refractivity contribution is 9.11. The van der Waals surface area contributed by atoms with E-state index in [1.165, 1.54) is 14.9 Å². The molecule has 0 saturated heterocycles. The molecule has 2 rings (SSSR count). The first kappa shape index (κ1) is 11.0. The lowest BCUT2D eigenvalue weighted by molar-refractivity contribution is 1.47. The second-order valence-electron chi connectivity index (χ2n) is 3.20. The van der Waals surface area contributed by atoms with Crippen molar-refractivity contribution in [1.29, 1.82) is 0 Å². The molecule has 0 N–H and O–H groups in total. The number of rotatable bonds is 2. The number of thiophene rings is 1. The third-order valence-electron chi connectivity index (χ3n) is 2.06. The van der Waals surface area contributed by atoms with Crippen molar-refractivity contribution in [3.63, 3.8) is 0 Å². The summed E-state index contributed by atoms with van der Waals surface area (Å²) < 4.78 is 1.17. The summed E-state index contributed by atoms with van der Waals surface area (Å²) in [6, 6.07) is 2.09. The summed E-state index contributed by atoms with van der Waals surface area (Å²) in [7, 11) is 0. The molecule has 0 nitrogen and oxygen atoms in total. The van der Waals surface area contributed by atoms with Crippen molar-refractivity contribution in [2.45, 2.75) is 6.42 Å². The van der Waals surface area contributed by atoms with Crippen LogP contribution in [0.5, 0.6) is 0 Å². The first-order chi connectivity index (χ1) is 7.25. The smallest absolute Gasteiger partial charge is 0.0770 e. The van der Waals surface area contributed by atoms with Gasteiger partial charge in [-0.05, 0) is 44.6 Å². The molecule has 76 valence electrons. The second kappa shape index (κ2) is 5.01. The molecule has 0 saturated carbocycles. The van der Waals surface area contributed by atoms with Gasteiger partial charge in [0.25, 0.3) is 0 Å². The summed E-state index contributed by atoms with van der Waals surface area (Å²) >= 11 is 10.4. The molecule has 0 unspecified atom stereocenters. The highest BCUT2D eigenvalue weighted by Crippen LogP contribution is 2.25. The van der Waals surface area contributed by atoms with Gasteiger partial charge in [0.15, 0.2) is 0 Å². The minimum atomic E-state index is 0.898. The van der Waals surface area contributed by atoms with Crippen LogP contribution in [-0.4, -0.2) is 4.86 Å². The maximum Gasteiger partial charge on any atom is 0.0770 e. The van der Waals surface area contributed by atoms with Crippen LogP contribution in [0, 0.1) is 0 Å². The molecular formula is C12H9BrS2. The predicted octanol–water partition coefficient (Wildman–Crippen LogP) is 4.78. The van der Waals surface area contributed by atoms with Crippen molar-refractivity contribution in [2.24, 2.45) is 0 Å². The molecule has 15 heavy (non-hydrogen) atoms. The van der Waals surface area contributed by atoms with Crippen molar-refractivity contribution in [3.05, 3.63) is 50.7 Å². The van der Waals surface area contributed by atoms with Crippen LogP contribution in [0.15, 0.2) is 45.1 Å². The molecule has 0 amide bonds. The van der Waals surface area contributed by atoms with Crippen LogP contribution < -0.4 is 0 Å². The van der Waals surface area contributed by atoms with E-state index >= 15 is 0 Å². The van der Waals surface area contributed by atoms with E-state index in [9.17, 15) is 0 Å². The number of hydrogen-bond donors (Lipinski definition) is 0. The van der Waals surface area contributed by atoms with Crippen molar-refractivity contribution in [3.8, 4) is 0 Å². The average molecular weight is 297 g/mol. The van der Waals surface area contributed by atoms with E-state index in [1.807, 2.05) is 6.08 Å². The van der Waals surface area contributed by atoms with Gasteiger partial charge in [0.2, 0.25) is 0 Å². The minimum absolute atomic E-state index is 0.898. The van der Waals surface area contributed by atoms with Crippen molar-refractivity contribution < 1.29 is 0 Å². The van der Waals surface area contributed by atoms with Gasteiger partial charge >= 0.3 is 0 Å². The van der Waals surface area contributed by atoms with Crippen molar-refractivity contribution in [2.75, 3.05) is 0 Å². The van der Waals surface area contributed by atoms with E-state index in [0.29, 0.717) is 0 Å². The van der Waals surface area contributed by atoms with Gasteiger partial charge in [-0.15, -0.1) is 11.3 Å². The van der Waals surface area contributed by atoms with E-state index in [2.05, 4.69) is 51.7 Å². The summed E-state index contributed by atoms with van der Waals surface area (Å²) in [5.74, 6) is 0. The Labute approximate surface area is 107 Å². The Hall–Kier alpha value is -0.510. The molecule has 0 bridgehead atoms. The van der Waals surface area contributed by atoms with Crippen LogP contribution >= 0.6 is 39.5 Å². The molecule has 1 heterocycles. The van der Waals surface area contributed by atoms with Crippen molar-refractivity contribution >= 4 is 50.4 Å². The summed E-state index contributed by atoms with van der Waals surface area (Å²) in [6.07, 6.45) is 11.3. The van der Waals surface area contributed by atoms with Crippen LogP contribution in [0.1, 0.15) is 12.0 Å². The molecule has 3 heteroatoms. The molecule has 1 aliphatic rings. The summed E-state index contributed by atoms with van der Waals surface area (Å²) in [5.41, 5.74) is 2.38. The van der Waals surface area contributed by atoms with E-state index in [-0.39, 0.29) is 0 Å². The number of halogens is 1. The first-order valence-corrected chi connectivity index (χ1v) is 6.66. The van der Waals surface area contributed by atoms with Crippen LogP contribution in [-0.2, 0) is 0 Å². The summed E-state index contributed by atoms with van der Waals surface area (Å²) in [5, 5.41) is 2.07. The van der Waals surface area contributed by atoms with E-state index in [1.54, 1.807) is 11.3 Å². The molecule has 1 aromatic rings. The van der Waals surface area contributed by atoms with Gasteiger partial charge in [-0.3, -0.25) is 0 Å². The fraction of sp³-hybridized carbons (Fsp3) is 0.0833. The van der Waals surface area contributed by atoms with Gasteiger partial charge in [0.1, 0.15) is 0 Å². The SMILES string of the molecule is S=C1C=C(C=Cc2ccsc2Br)C=CC1. The Morgan fingerprint density at radius 1 is 1.40 bits per heavy atom. The van der Waals surface area contributed by atoms with Crippen LogP contribution in [0.4, 0.5) is 0 Å². The summed E-state index contributed by atoms with van der Waals surface area (Å²) in [6.45, 7) is 0. The van der Waals surface area contributed by atoms with E-state index in [4.69, 9.17) is 12.2 Å². The molecule has 0 atom stereocenters. The van der Waals surface area contributed by atoms with Crippen LogP contribution in [0.3, 0.4) is 0 Å². The molecule has 1 aromatic heterocycles. The molecule has 1 aliphatic carbocycles. The highest BCUT2D eigenvalue weighted by atomic mass is 79.9. The molecule has 0 aliphatic heterocycles. The predicted molar refractivity (Wildman–Crippen MR) is 75.5 cm³/mol. The fourth-order valence-electron chi connectivity index (χ4n) is 1.32. The van der Waals surface area contributed by atoms with Crippen molar-refractivity contribution in [1.82, 2.24) is 0 Å². The average Bonchev–Trinajstić information content (AvgIpc) is 2.61. The lowest BCUT2D eigenvalue weighted by Crippen LogP contribution is -1.92. The fourth-order valence-corrected chi connectivity index (χ4v) is 2.74. The maximum absolute atomic E-state index is 5.15. The van der Waals surface area contributed by atoms with Gasteiger partial charge in [-0.1, -0.05) is 36.5 Å². The third-order valence-corrected chi connectivity index (χ3v) is 4.08. The quantitative estimate of drug-likeness (QED) is 0.708.